The van der Waals surface area contributed by atoms with Crippen molar-refractivity contribution in [1.82, 2.24) is 0 Å². The second-order valence-electron chi connectivity index (χ2n) is 9.46. The summed E-state index contributed by atoms with van der Waals surface area (Å²) in [7, 11) is 0. The average Bonchev–Trinajstić information content (AvgIpc) is 3.33. The van der Waals surface area contributed by atoms with Crippen LogP contribution in [0, 0.1) is 29.1 Å². The maximum Gasteiger partial charge on any atom is 2.00 e. The Morgan fingerprint density at radius 3 is 1.28 bits per heavy atom. The zero-order chi connectivity index (χ0) is 22.2. The number of rotatable bonds is 4. The van der Waals surface area contributed by atoms with E-state index in [0.717, 1.165) is 6.42 Å². The summed E-state index contributed by atoms with van der Waals surface area (Å²) in [4.78, 5) is 0. The van der Waals surface area contributed by atoms with Gasteiger partial charge in [-0.1, -0.05) is 91.9 Å². The number of hydrogen-bond donors (Lipinski definition) is 0. The van der Waals surface area contributed by atoms with E-state index in [1.165, 1.54) is 59.1 Å². The monoisotopic (exact) mass is 551 g/mol. The molecule has 0 aromatic carbocycles. The van der Waals surface area contributed by atoms with E-state index in [4.69, 9.17) is 0 Å². The van der Waals surface area contributed by atoms with Gasteiger partial charge in [0.2, 0.25) is 0 Å². The first-order chi connectivity index (χ1) is 13.5. The van der Waals surface area contributed by atoms with Crippen LogP contribution in [0.3, 0.4) is 0 Å². The molecule has 0 N–H and O–H groups in total. The van der Waals surface area contributed by atoms with Crippen molar-refractivity contribution < 1.29 is 51.0 Å². The van der Waals surface area contributed by atoms with Crippen molar-refractivity contribution in [3.63, 3.8) is 0 Å². The fourth-order valence-corrected chi connectivity index (χ4v) is 3.86. The summed E-state index contributed by atoms with van der Waals surface area (Å²) in [6, 6.07) is 0. The van der Waals surface area contributed by atoms with Gasteiger partial charge in [0.15, 0.2) is 0 Å². The zero-order valence-corrected chi connectivity index (χ0v) is 26.0. The van der Waals surface area contributed by atoms with Crippen LogP contribution in [0.4, 0.5) is 0 Å². The van der Waals surface area contributed by atoms with Crippen molar-refractivity contribution in [3.05, 3.63) is 69.9 Å². The number of halogens is 2. The normalized spacial score (nSPS) is 18.9. The van der Waals surface area contributed by atoms with E-state index in [1.54, 1.807) is 0 Å². The smallest absolute Gasteiger partial charge is 1.00 e. The molecule has 3 aliphatic rings. The molecule has 0 saturated heterocycles. The molecule has 0 aromatic rings. The van der Waals surface area contributed by atoms with Gasteiger partial charge in [-0.05, 0) is 0 Å². The zero-order valence-electron chi connectivity index (χ0n) is 22.0. The summed E-state index contributed by atoms with van der Waals surface area (Å²) >= 11 is 0. The van der Waals surface area contributed by atoms with Gasteiger partial charge in [-0.3, -0.25) is 18.2 Å². The third kappa shape index (κ3) is 10.4. The molecule has 0 aromatic heterocycles. The molecular formula is C29H43Cl2Zr-3. The molecule has 3 heteroatoms. The van der Waals surface area contributed by atoms with Crippen molar-refractivity contribution in [2.75, 3.05) is 0 Å². The second kappa shape index (κ2) is 16.5. The van der Waals surface area contributed by atoms with Gasteiger partial charge in [-0.25, -0.2) is 23.3 Å². The molecular weight excluding hydrogens is 510 g/mol. The molecule has 0 heterocycles. The van der Waals surface area contributed by atoms with E-state index < -0.39 is 0 Å². The predicted octanol–water partition coefficient (Wildman–Crippen LogP) is 3.10. The first-order valence-corrected chi connectivity index (χ1v) is 11.3. The summed E-state index contributed by atoms with van der Waals surface area (Å²) in [6.45, 7) is 22.3. The third-order valence-electron chi connectivity index (χ3n) is 6.42. The summed E-state index contributed by atoms with van der Waals surface area (Å²) in [5.74, 6) is 0. The summed E-state index contributed by atoms with van der Waals surface area (Å²) < 4.78 is 0. The maximum absolute atomic E-state index is 3.57. The summed E-state index contributed by atoms with van der Waals surface area (Å²) in [5, 5.41) is 0. The minimum Gasteiger partial charge on any atom is -1.00 e. The summed E-state index contributed by atoms with van der Waals surface area (Å²) in [5.41, 5.74) is 9.20. The molecule has 3 aliphatic carbocycles. The van der Waals surface area contributed by atoms with Crippen molar-refractivity contribution in [2.24, 2.45) is 10.8 Å². The fraction of sp³-hybridized carbons (Fsp3) is 0.586. The molecule has 0 radical (unpaired) electrons. The van der Waals surface area contributed by atoms with Crippen LogP contribution < -0.4 is 24.8 Å². The van der Waals surface area contributed by atoms with E-state index in [9.17, 15) is 0 Å². The largest absolute Gasteiger partial charge is 2.00 e. The minimum absolute atomic E-state index is 0. The minimum atomic E-state index is 0. The number of hydrogen-bond acceptors (Lipinski definition) is 0. The van der Waals surface area contributed by atoms with Crippen LogP contribution >= 0.6 is 0 Å². The van der Waals surface area contributed by atoms with Crippen LogP contribution in [0.15, 0.2) is 51.7 Å². The number of allylic oxidation sites excluding steroid dienone is 12. The van der Waals surface area contributed by atoms with E-state index in [-0.39, 0.29) is 61.8 Å². The molecule has 0 atom stereocenters. The van der Waals surface area contributed by atoms with Crippen LogP contribution in [-0.4, -0.2) is 0 Å². The Morgan fingerprint density at radius 1 is 0.750 bits per heavy atom. The van der Waals surface area contributed by atoms with Crippen LogP contribution in [0.2, 0.25) is 0 Å². The van der Waals surface area contributed by atoms with Crippen LogP contribution in [0.5, 0.6) is 0 Å². The van der Waals surface area contributed by atoms with Gasteiger partial charge < -0.3 is 24.8 Å². The van der Waals surface area contributed by atoms with Gasteiger partial charge in [0, 0.05) is 0 Å². The van der Waals surface area contributed by atoms with Crippen LogP contribution in [0.25, 0.3) is 0 Å². The molecule has 0 spiro atoms. The topological polar surface area (TPSA) is 0 Å². The Bertz CT molecular complexity index is 692. The first-order valence-electron chi connectivity index (χ1n) is 11.3. The Hall–Kier alpha value is -0.0969. The molecule has 0 amide bonds. The second-order valence-corrected chi connectivity index (χ2v) is 9.46. The molecule has 0 nitrogen and oxygen atoms in total. The molecule has 32 heavy (non-hydrogen) atoms. The molecule has 0 aliphatic heterocycles. The van der Waals surface area contributed by atoms with Gasteiger partial charge >= 0.3 is 26.2 Å². The van der Waals surface area contributed by atoms with E-state index in [2.05, 4.69) is 93.5 Å². The third-order valence-corrected chi connectivity index (χ3v) is 6.42. The maximum atomic E-state index is 3.57. The van der Waals surface area contributed by atoms with E-state index >= 15 is 0 Å². The van der Waals surface area contributed by atoms with Gasteiger partial charge in [0.1, 0.15) is 0 Å². The fourth-order valence-electron chi connectivity index (χ4n) is 3.86. The SMILES string of the molecule is CCCC1=[C-]C(C)(C)C(C)=C1C.CCCC1=[C-]C(C)(C)C(C)=C1C.[C-]1=CC=CC1.[Cl-].[Cl-].[Zr+2]. The Labute approximate surface area is 231 Å². The molecule has 0 fully saturated rings. The molecule has 180 valence electrons. The Morgan fingerprint density at radius 2 is 1.12 bits per heavy atom. The van der Waals surface area contributed by atoms with Crippen molar-refractivity contribution in [1.29, 1.82) is 0 Å². The molecule has 3 rings (SSSR count). The molecule has 0 bridgehead atoms. The van der Waals surface area contributed by atoms with Gasteiger partial charge in [-0.2, -0.15) is 28.4 Å². The van der Waals surface area contributed by atoms with Crippen molar-refractivity contribution in [3.8, 4) is 0 Å². The van der Waals surface area contributed by atoms with Gasteiger partial charge in [0.25, 0.3) is 0 Å². The quantitative estimate of drug-likeness (QED) is 0.470. The predicted molar refractivity (Wildman–Crippen MR) is 129 cm³/mol. The van der Waals surface area contributed by atoms with Gasteiger partial charge in [0.05, 0.1) is 0 Å². The van der Waals surface area contributed by atoms with Crippen LogP contribution in [-0.2, 0) is 26.2 Å². The first kappa shape index (κ1) is 36.5. The van der Waals surface area contributed by atoms with E-state index in [1.807, 2.05) is 12.2 Å². The average molecular weight is 554 g/mol. The van der Waals surface area contributed by atoms with Crippen molar-refractivity contribution in [2.45, 2.75) is 101 Å². The van der Waals surface area contributed by atoms with E-state index in [0.29, 0.717) is 0 Å². The van der Waals surface area contributed by atoms with Crippen molar-refractivity contribution >= 4 is 0 Å². The molecule has 0 saturated carbocycles. The Balaban J connectivity index is -0.000000402. The van der Waals surface area contributed by atoms with Crippen LogP contribution in [0.1, 0.15) is 101 Å². The summed E-state index contributed by atoms with van der Waals surface area (Å²) in [6.07, 6.45) is 22.0. The Kier molecular flexibility index (Phi) is 18.8. The van der Waals surface area contributed by atoms with Gasteiger partial charge in [-0.15, -0.1) is 20.3 Å². The molecule has 0 unspecified atom stereocenters. The standard InChI is InChI=1S/2C12H19.C5H5.2ClH.Zr/c2*1-6-7-11-8-12(4,5)10(3)9(11)2;1-2-4-5-3-1;;;/h2*6-7H2,1-5H3;1-3H,4H2;2*1H;/q3*-1;;;+2/p-2.